The molecule has 0 aliphatic heterocycles. The van der Waals surface area contributed by atoms with E-state index in [2.05, 4.69) is 10.6 Å². The van der Waals surface area contributed by atoms with Crippen LogP contribution < -0.4 is 15.4 Å². The molecule has 0 aliphatic rings. The van der Waals surface area contributed by atoms with Crippen molar-refractivity contribution >= 4 is 17.3 Å². The van der Waals surface area contributed by atoms with E-state index >= 15 is 0 Å². The molecule has 0 unspecified atom stereocenters. The third-order valence-electron chi connectivity index (χ3n) is 3.17. The monoisotopic (exact) mass is 315 g/mol. The van der Waals surface area contributed by atoms with Gasteiger partial charge in [0.1, 0.15) is 5.75 Å². The number of benzene rings is 2. The molecule has 0 fully saturated rings. The number of hydrogen-bond donors (Lipinski definition) is 2. The molecule has 120 valence electrons. The molecule has 7 nitrogen and oxygen atoms in total. The molecule has 1 amide bonds. The Bertz CT molecular complexity index is 689. The van der Waals surface area contributed by atoms with Gasteiger partial charge in [0.15, 0.2) is 0 Å². The number of hydrogen-bond acceptors (Lipinski definition) is 5. The van der Waals surface area contributed by atoms with Crippen LogP contribution in [0.1, 0.15) is 5.56 Å². The molecule has 2 aromatic rings. The second-order valence-electron chi connectivity index (χ2n) is 4.76. The topological polar surface area (TPSA) is 93.5 Å². The number of nitrogens with one attached hydrogen (secondary N) is 2. The zero-order valence-electron chi connectivity index (χ0n) is 12.6. The molecule has 0 atom stereocenters. The molecule has 0 heterocycles. The smallest absolute Gasteiger partial charge is 0.271 e. The summed E-state index contributed by atoms with van der Waals surface area (Å²) >= 11 is 0. The highest BCUT2D eigenvalue weighted by molar-refractivity contribution is 5.81. The molecule has 0 radical (unpaired) electrons. The second kappa shape index (κ2) is 7.79. The van der Waals surface area contributed by atoms with Gasteiger partial charge in [-0.2, -0.15) is 0 Å². The highest BCUT2D eigenvalue weighted by Crippen LogP contribution is 2.28. The largest absolute Gasteiger partial charge is 0.495 e. The number of rotatable bonds is 7. The fraction of sp³-hybridized carbons (Fsp3) is 0.188. The van der Waals surface area contributed by atoms with Crippen LogP contribution in [-0.4, -0.2) is 24.5 Å². The van der Waals surface area contributed by atoms with Crippen LogP contribution in [-0.2, 0) is 11.3 Å². The van der Waals surface area contributed by atoms with Gasteiger partial charge >= 0.3 is 0 Å². The summed E-state index contributed by atoms with van der Waals surface area (Å²) < 4.78 is 5.12. The molecule has 2 rings (SSSR count). The van der Waals surface area contributed by atoms with Crippen molar-refractivity contribution in [2.45, 2.75) is 6.54 Å². The lowest BCUT2D eigenvalue weighted by Crippen LogP contribution is -2.29. The number of nitrogens with zero attached hydrogens (tertiary/aromatic N) is 1. The van der Waals surface area contributed by atoms with E-state index in [1.165, 1.54) is 25.3 Å². The van der Waals surface area contributed by atoms with E-state index in [1.54, 1.807) is 0 Å². The number of anilines is 1. The van der Waals surface area contributed by atoms with E-state index in [1.807, 2.05) is 30.3 Å². The Kier molecular flexibility index (Phi) is 5.51. The van der Waals surface area contributed by atoms with Crippen molar-refractivity contribution in [2.24, 2.45) is 0 Å². The summed E-state index contributed by atoms with van der Waals surface area (Å²) in [7, 11) is 1.46. The van der Waals surface area contributed by atoms with Crippen molar-refractivity contribution in [3.63, 3.8) is 0 Å². The Morgan fingerprint density at radius 3 is 2.61 bits per heavy atom. The van der Waals surface area contributed by atoms with Crippen LogP contribution in [0.25, 0.3) is 0 Å². The number of carbonyl (C=O) groups excluding carboxylic acids is 1. The molecule has 2 aromatic carbocycles. The van der Waals surface area contributed by atoms with Crippen LogP contribution in [0, 0.1) is 10.1 Å². The first-order chi connectivity index (χ1) is 11.1. The third-order valence-corrected chi connectivity index (χ3v) is 3.17. The van der Waals surface area contributed by atoms with E-state index in [0.717, 1.165) is 5.56 Å². The van der Waals surface area contributed by atoms with Crippen molar-refractivity contribution in [1.29, 1.82) is 0 Å². The summed E-state index contributed by atoms with van der Waals surface area (Å²) in [6, 6.07) is 13.7. The van der Waals surface area contributed by atoms with Crippen molar-refractivity contribution < 1.29 is 14.5 Å². The summed E-state index contributed by atoms with van der Waals surface area (Å²) in [5.41, 5.74) is 1.32. The van der Waals surface area contributed by atoms with Gasteiger partial charge in [-0.3, -0.25) is 14.9 Å². The first-order valence-electron chi connectivity index (χ1n) is 6.97. The number of carbonyl (C=O) groups is 1. The summed E-state index contributed by atoms with van der Waals surface area (Å²) in [6.07, 6.45) is 0. The third kappa shape index (κ3) is 4.70. The average molecular weight is 315 g/mol. The van der Waals surface area contributed by atoms with Crippen LogP contribution in [0.5, 0.6) is 5.75 Å². The number of non-ortho nitro benzene ring substituents is 1. The lowest BCUT2D eigenvalue weighted by atomic mass is 10.2. The molecular formula is C16H17N3O4. The molecule has 0 saturated heterocycles. The summed E-state index contributed by atoms with van der Waals surface area (Å²) in [6.45, 7) is 0.414. The van der Waals surface area contributed by atoms with Gasteiger partial charge in [0.2, 0.25) is 5.91 Å². The van der Waals surface area contributed by atoms with Crippen molar-refractivity contribution in [1.82, 2.24) is 5.32 Å². The Morgan fingerprint density at radius 2 is 1.96 bits per heavy atom. The molecule has 23 heavy (non-hydrogen) atoms. The highest BCUT2D eigenvalue weighted by atomic mass is 16.6. The van der Waals surface area contributed by atoms with Crippen molar-refractivity contribution in [3.05, 3.63) is 64.2 Å². The fourth-order valence-corrected chi connectivity index (χ4v) is 1.98. The van der Waals surface area contributed by atoms with E-state index in [0.29, 0.717) is 18.0 Å². The number of nitro groups is 1. The molecule has 2 N–H and O–H groups in total. The van der Waals surface area contributed by atoms with Gasteiger partial charge in [0.05, 0.1) is 24.3 Å². The van der Waals surface area contributed by atoms with Gasteiger partial charge in [-0.1, -0.05) is 30.3 Å². The van der Waals surface area contributed by atoms with Gasteiger partial charge in [-0.25, -0.2) is 0 Å². The maximum absolute atomic E-state index is 11.9. The fourth-order valence-electron chi connectivity index (χ4n) is 1.98. The van der Waals surface area contributed by atoms with Gasteiger partial charge in [-0.15, -0.1) is 0 Å². The maximum atomic E-state index is 11.9. The molecular weight excluding hydrogens is 298 g/mol. The van der Waals surface area contributed by atoms with Crippen LogP contribution in [0.2, 0.25) is 0 Å². The Morgan fingerprint density at radius 1 is 1.22 bits per heavy atom. The Labute approximate surface area is 133 Å². The molecule has 7 heteroatoms. The standard InChI is InChI=1S/C16H17N3O4/c1-23-15-8-7-13(19(21)22)9-14(15)17-11-16(20)18-10-12-5-3-2-4-6-12/h2-9,17H,10-11H2,1H3,(H,18,20). The van der Waals surface area contributed by atoms with Gasteiger partial charge in [-0.05, 0) is 11.6 Å². The summed E-state index contributed by atoms with van der Waals surface area (Å²) in [5.74, 6) is 0.217. The quantitative estimate of drug-likeness (QED) is 0.604. The van der Waals surface area contributed by atoms with Crippen molar-refractivity contribution in [2.75, 3.05) is 19.0 Å². The average Bonchev–Trinajstić information content (AvgIpc) is 2.58. The Balaban J connectivity index is 1.93. The van der Waals surface area contributed by atoms with E-state index in [9.17, 15) is 14.9 Å². The minimum absolute atomic E-state index is 0.00956. The highest BCUT2D eigenvalue weighted by Gasteiger charge is 2.12. The molecule has 0 spiro atoms. The summed E-state index contributed by atoms with van der Waals surface area (Å²) in [4.78, 5) is 22.2. The van der Waals surface area contributed by atoms with Gasteiger partial charge in [0, 0.05) is 18.7 Å². The van der Waals surface area contributed by atoms with Crippen LogP contribution >= 0.6 is 0 Å². The van der Waals surface area contributed by atoms with Gasteiger partial charge in [0.25, 0.3) is 5.69 Å². The van der Waals surface area contributed by atoms with Crippen molar-refractivity contribution in [3.8, 4) is 5.75 Å². The zero-order chi connectivity index (χ0) is 16.7. The number of methoxy groups -OCH3 is 1. The van der Waals surface area contributed by atoms with Crippen LogP contribution in [0.3, 0.4) is 0 Å². The Hall–Kier alpha value is -3.09. The second-order valence-corrected chi connectivity index (χ2v) is 4.76. The number of nitro benzene ring substituents is 1. The first kappa shape index (κ1) is 16.3. The molecule has 0 aliphatic carbocycles. The lowest BCUT2D eigenvalue weighted by molar-refractivity contribution is -0.384. The van der Waals surface area contributed by atoms with Crippen LogP contribution in [0.4, 0.5) is 11.4 Å². The minimum atomic E-state index is -0.500. The maximum Gasteiger partial charge on any atom is 0.271 e. The van der Waals surface area contributed by atoms with E-state index < -0.39 is 4.92 Å². The number of ether oxygens (including phenoxy) is 1. The SMILES string of the molecule is COc1ccc([N+](=O)[O-])cc1NCC(=O)NCc1ccccc1. The minimum Gasteiger partial charge on any atom is -0.495 e. The predicted molar refractivity (Wildman–Crippen MR) is 86.4 cm³/mol. The molecule has 0 bridgehead atoms. The van der Waals surface area contributed by atoms with Crippen LogP contribution in [0.15, 0.2) is 48.5 Å². The van der Waals surface area contributed by atoms with E-state index in [4.69, 9.17) is 4.74 Å². The predicted octanol–water partition coefficient (Wildman–Crippen LogP) is 2.33. The lowest BCUT2D eigenvalue weighted by Gasteiger charge is -2.11. The van der Waals surface area contributed by atoms with E-state index in [-0.39, 0.29) is 18.1 Å². The number of amides is 1. The normalized spacial score (nSPS) is 9.96. The zero-order valence-corrected chi connectivity index (χ0v) is 12.6. The molecule has 0 aromatic heterocycles. The van der Waals surface area contributed by atoms with Gasteiger partial charge < -0.3 is 15.4 Å². The summed E-state index contributed by atoms with van der Waals surface area (Å²) in [5, 5.41) is 16.4. The first-order valence-corrected chi connectivity index (χ1v) is 6.97. The molecule has 0 saturated carbocycles.